The van der Waals surface area contributed by atoms with Gasteiger partial charge in [-0.15, -0.1) is 0 Å². The number of hydrogen-bond donors (Lipinski definition) is 2. The van der Waals surface area contributed by atoms with Crippen LogP contribution in [-0.4, -0.2) is 38.8 Å². The first-order chi connectivity index (χ1) is 9.08. The standard InChI is InChI=1S/C13H24N4OS/c1-5-7-14-12-10(3)13(17-11(4)16-12)15-8-9-19(18)6-2/h5-9H2,1-4H3,(H2,14,15,16,17). The quantitative estimate of drug-likeness (QED) is 0.765. The predicted molar refractivity (Wildman–Crippen MR) is 82.3 cm³/mol. The van der Waals surface area contributed by atoms with E-state index in [0.29, 0.717) is 18.1 Å². The molecule has 0 aliphatic heterocycles. The average Bonchev–Trinajstić information content (AvgIpc) is 2.40. The molecule has 6 heteroatoms. The third-order valence-electron chi connectivity index (χ3n) is 2.74. The Bertz CT molecular complexity index is 437. The maximum absolute atomic E-state index is 11.4. The summed E-state index contributed by atoms with van der Waals surface area (Å²) in [5, 5.41) is 6.55. The number of nitrogens with zero attached hydrogens (tertiary/aromatic N) is 2. The van der Waals surface area contributed by atoms with Crippen LogP contribution in [0.3, 0.4) is 0 Å². The molecule has 0 aromatic carbocycles. The van der Waals surface area contributed by atoms with Gasteiger partial charge < -0.3 is 10.6 Å². The van der Waals surface area contributed by atoms with Crippen LogP contribution in [0.15, 0.2) is 0 Å². The molecule has 0 amide bonds. The van der Waals surface area contributed by atoms with Crippen molar-refractivity contribution in [1.29, 1.82) is 0 Å². The minimum absolute atomic E-state index is 0.650. The molecule has 108 valence electrons. The molecule has 1 heterocycles. The highest BCUT2D eigenvalue weighted by Crippen LogP contribution is 2.19. The zero-order chi connectivity index (χ0) is 14.3. The van der Waals surface area contributed by atoms with Gasteiger partial charge in [-0.25, -0.2) is 9.97 Å². The lowest BCUT2D eigenvalue weighted by Gasteiger charge is -2.13. The van der Waals surface area contributed by atoms with E-state index in [1.807, 2.05) is 20.8 Å². The minimum atomic E-state index is -0.744. The highest BCUT2D eigenvalue weighted by atomic mass is 32.2. The van der Waals surface area contributed by atoms with Crippen molar-refractivity contribution in [2.75, 3.05) is 35.2 Å². The van der Waals surface area contributed by atoms with Gasteiger partial charge in [0.2, 0.25) is 0 Å². The van der Waals surface area contributed by atoms with E-state index in [2.05, 4.69) is 27.5 Å². The molecular weight excluding hydrogens is 260 g/mol. The number of nitrogens with one attached hydrogen (secondary N) is 2. The van der Waals surface area contributed by atoms with Crippen LogP contribution in [0.5, 0.6) is 0 Å². The van der Waals surface area contributed by atoms with Gasteiger partial charge in [0.05, 0.1) is 0 Å². The van der Waals surface area contributed by atoms with Gasteiger partial charge >= 0.3 is 0 Å². The summed E-state index contributed by atoms with van der Waals surface area (Å²) in [5.74, 6) is 3.81. The molecule has 19 heavy (non-hydrogen) atoms. The van der Waals surface area contributed by atoms with Crippen LogP contribution in [0.2, 0.25) is 0 Å². The third-order valence-corrected chi connectivity index (χ3v) is 4.05. The molecule has 0 saturated heterocycles. The fourth-order valence-electron chi connectivity index (χ4n) is 1.64. The molecule has 0 saturated carbocycles. The van der Waals surface area contributed by atoms with Crippen LogP contribution in [-0.2, 0) is 10.8 Å². The highest BCUT2D eigenvalue weighted by Gasteiger charge is 2.08. The van der Waals surface area contributed by atoms with E-state index in [0.717, 1.165) is 36.0 Å². The topological polar surface area (TPSA) is 66.9 Å². The Hall–Kier alpha value is -1.17. The second kappa shape index (κ2) is 8.09. The third kappa shape index (κ3) is 5.14. The molecule has 1 rings (SSSR count). The van der Waals surface area contributed by atoms with Gasteiger partial charge in [-0.05, 0) is 20.3 Å². The van der Waals surface area contributed by atoms with E-state index in [-0.39, 0.29) is 0 Å². The number of aromatic nitrogens is 2. The first-order valence-electron chi connectivity index (χ1n) is 6.76. The molecule has 2 N–H and O–H groups in total. The first-order valence-corrected chi connectivity index (χ1v) is 8.25. The maximum Gasteiger partial charge on any atom is 0.134 e. The molecule has 1 unspecified atom stereocenters. The monoisotopic (exact) mass is 284 g/mol. The van der Waals surface area contributed by atoms with Gasteiger partial charge in [0, 0.05) is 41.0 Å². The average molecular weight is 284 g/mol. The molecule has 1 aromatic heterocycles. The lowest BCUT2D eigenvalue weighted by molar-refractivity contribution is 0.684. The van der Waals surface area contributed by atoms with Gasteiger partial charge in [0.25, 0.3) is 0 Å². The normalized spacial score (nSPS) is 12.2. The minimum Gasteiger partial charge on any atom is -0.370 e. The smallest absolute Gasteiger partial charge is 0.134 e. The summed E-state index contributed by atoms with van der Waals surface area (Å²) < 4.78 is 11.4. The van der Waals surface area contributed by atoms with Crippen molar-refractivity contribution < 1.29 is 4.21 Å². The molecule has 1 aromatic rings. The fraction of sp³-hybridized carbons (Fsp3) is 0.692. The number of rotatable bonds is 8. The van der Waals surface area contributed by atoms with Crippen molar-refractivity contribution in [3.63, 3.8) is 0 Å². The molecule has 0 fully saturated rings. The molecule has 1 atom stereocenters. The SMILES string of the molecule is CCCNc1nc(C)nc(NCCS(=O)CC)c1C. The van der Waals surface area contributed by atoms with Gasteiger partial charge in [-0.2, -0.15) is 0 Å². The van der Waals surface area contributed by atoms with Gasteiger partial charge in [-0.1, -0.05) is 13.8 Å². The Morgan fingerprint density at radius 1 is 1.05 bits per heavy atom. The summed E-state index contributed by atoms with van der Waals surface area (Å²) >= 11 is 0. The van der Waals surface area contributed by atoms with E-state index in [4.69, 9.17) is 0 Å². The number of hydrogen-bond acceptors (Lipinski definition) is 5. The van der Waals surface area contributed by atoms with E-state index in [9.17, 15) is 4.21 Å². The zero-order valence-corrected chi connectivity index (χ0v) is 13.1. The van der Waals surface area contributed by atoms with Crippen LogP contribution >= 0.6 is 0 Å². The highest BCUT2D eigenvalue weighted by molar-refractivity contribution is 7.84. The summed E-state index contributed by atoms with van der Waals surface area (Å²) in [6, 6.07) is 0. The summed E-state index contributed by atoms with van der Waals surface area (Å²) in [6.07, 6.45) is 1.06. The molecule has 0 aliphatic carbocycles. The largest absolute Gasteiger partial charge is 0.370 e. The van der Waals surface area contributed by atoms with Gasteiger partial charge in [-0.3, -0.25) is 4.21 Å². The first kappa shape index (κ1) is 15.9. The van der Waals surface area contributed by atoms with Crippen molar-refractivity contribution in [3.05, 3.63) is 11.4 Å². The fourth-order valence-corrected chi connectivity index (χ4v) is 2.26. The number of anilines is 2. The van der Waals surface area contributed by atoms with Crippen molar-refractivity contribution in [2.24, 2.45) is 0 Å². The van der Waals surface area contributed by atoms with E-state index >= 15 is 0 Å². The van der Waals surface area contributed by atoms with Crippen molar-refractivity contribution in [3.8, 4) is 0 Å². The van der Waals surface area contributed by atoms with Crippen molar-refractivity contribution >= 4 is 22.4 Å². The summed E-state index contributed by atoms with van der Waals surface area (Å²) in [7, 11) is -0.744. The molecule has 0 aliphatic rings. The molecular formula is C13H24N4OS. The van der Waals surface area contributed by atoms with Crippen molar-refractivity contribution in [1.82, 2.24) is 9.97 Å². The van der Waals surface area contributed by atoms with E-state index in [1.165, 1.54) is 0 Å². The van der Waals surface area contributed by atoms with E-state index < -0.39 is 10.8 Å². The van der Waals surface area contributed by atoms with Gasteiger partial charge in [0.1, 0.15) is 17.5 Å². The summed E-state index contributed by atoms with van der Waals surface area (Å²) in [6.45, 7) is 9.50. The van der Waals surface area contributed by atoms with Crippen LogP contribution in [0.1, 0.15) is 31.7 Å². The number of aryl methyl sites for hydroxylation is 1. The van der Waals surface area contributed by atoms with Crippen LogP contribution in [0, 0.1) is 13.8 Å². The van der Waals surface area contributed by atoms with Crippen LogP contribution < -0.4 is 10.6 Å². The summed E-state index contributed by atoms with van der Waals surface area (Å²) in [4.78, 5) is 8.81. The Labute approximate surface area is 118 Å². The molecule has 0 spiro atoms. The van der Waals surface area contributed by atoms with Crippen LogP contribution in [0.4, 0.5) is 11.6 Å². The Morgan fingerprint density at radius 3 is 2.16 bits per heavy atom. The lowest BCUT2D eigenvalue weighted by atomic mass is 10.3. The lowest BCUT2D eigenvalue weighted by Crippen LogP contribution is -2.15. The summed E-state index contributed by atoms with van der Waals surface area (Å²) in [5.41, 5.74) is 1.02. The second-order valence-corrected chi connectivity index (χ2v) is 6.24. The van der Waals surface area contributed by atoms with Gasteiger partial charge in [0.15, 0.2) is 0 Å². The van der Waals surface area contributed by atoms with Crippen molar-refractivity contribution in [2.45, 2.75) is 34.1 Å². The molecule has 0 bridgehead atoms. The Kier molecular flexibility index (Phi) is 6.77. The Morgan fingerprint density at radius 2 is 1.63 bits per heavy atom. The van der Waals surface area contributed by atoms with E-state index in [1.54, 1.807) is 0 Å². The van der Waals surface area contributed by atoms with Crippen LogP contribution in [0.25, 0.3) is 0 Å². The second-order valence-electron chi connectivity index (χ2n) is 4.38. The molecule has 0 radical (unpaired) electrons. The molecule has 5 nitrogen and oxygen atoms in total. The predicted octanol–water partition coefficient (Wildman–Crippen LogP) is 2.10. The Balaban J connectivity index is 2.71. The maximum atomic E-state index is 11.4. The zero-order valence-electron chi connectivity index (χ0n) is 12.2.